The molecule has 1 heterocycles. The van der Waals surface area contributed by atoms with Crippen LogP contribution in [0.3, 0.4) is 0 Å². The van der Waals surface area contributed by atoms with Crippen LogP contribution in [0.25, 0.3) is 0 Å². The van der Waals surface area contributed by atoms with E-state index >= 15 is 0 Å². The number of nitrogens with one attached hydrogen (secondary N) is 1. The molecule has 3 aromatic carbocycles. The van der Waals surface area contributed by atoms with Gasteiger partial charge in [0.25, 0.3) is 0 Å². The van der Waals surface area contributed by atoms with Gasteiger partial charge in [-0.25, -0.2) is 0 Å². The lowest BCUT2D eigenvalue weighted by Gasteiger charge is -2.31. The summed E-state index contributed by atoms with van der Waals surface area (Å²) in [6.45, 7) is 1.98. The number of thioether (sulfide) groups is 1. The third-order valence-corrected chi connectivity index (χ3v) is 6.75. The number of nitrogens with zero attached hydrogens (tertiary/aromatic N) is 1. The maximum atomic E-state index is 13.3. The first kappa shape index (κ1) is 20.6. The van der Waals surface area contributed by atoms with E-state index in [0.29, 0.717) is 12.2 Å². The Kier molecular flexibility index (Phi) is 6.45. The Balaban J connectivity index is 1.51. The van der Waals surface area contributed by atoms with Crippen molar-refractivity contribution in [2.24, 2.45) is 0 Å². The van der Waals surface area contributed by atoms with E-state index in [-0.39, 0.29) is 11.8 Å². The van der Waals surface area contributed by atoms with Crippen LogP contribution in [0.2, 0.25) is 0 Å². The van der Waals surface area contributed by atoms with E-state index in [9.17, 15) is 9.59 Å². The summed E-state index contributed by atoms with van der Waals surface area (Å²) in [6, 6.07) is 23.6. The fourth-order valence-corrected chi connectivity index (χ4v) is 5.16. The van der Waals surface area contributed by atoms with Gasteiger partial charge in [-0.3, -0.25) is 14.5 Å². The third-order valence-electron chi connectivity index (χ3n) is 4.64. The zero-order valence-electron chi connectivity index (χ0n) is 16.6. The summed E-state index contributed by atoms with van der Waals surface area (Å²) in [6.07, 6.45) is 1.31. The molecule has 30 heavy (non-hydrogen) atoms. The highest BCUT2D eigenvalue weighted by Crippen LogP contribution is 2.48. The summed E-state index contributed by atoms with van der Waals surface area (Å²) in [4.78, 5) is 30.0. The molecular formula is C24H22N2O2S2. The molecule has 0 bridgehead atoms. The molecule has 0 saturated carbocycles. The molecule has 6 heteroatoms. The molecule has 0 atom stereocenters. The number of anilines is 3. The van der Waals surface area contributed by atoms with Crippen molar-refractivity contribution in [1.82, 2.24) is 0 Å². The van der Waals surface area contributed by atoms with Gasteiger partial charge in [0.15, 0.2) is 0 Å². The maximum Gasteiger partial charge on any atom is 0.241 e. The highest BCUT2D eigenvalue weighted by molar-refractivity contribution is 8.00. The largest absolute Gasteiger partial charge is 0.326 e. The number of para-hydroxylation sites is 2. The monoisotopic (exact) mass is 434 g/mol. The number of benzene rings is 3. The minimum absolute atomic E-state index is 0.00903. The summed E-state index contributed by atoms with van der Waals surface area (Å²) in [7, 11) is 0. The molecule has 1 aliphatic rings. The number of amides is 2. The summed E-state index contributed by atoms with van der Waals surface area (Å²) in [5.74, 6) is 0.343. The van der Waals surface area contributed by atoms with E-state index in [1.807, 2.05) is 84.6 Å². The van der Waals surface area contributed by atoms with E-state index in [0.717, 1.165) is 38.2 Å². The summed E-state index contributed by atoms with van der Waals surface area (Å²) in [5.41, 5.74) is 2.61. The van der Waals surface area contributed by atoms with Crippen LogP contribution in [0.1, 0.15) is 19.8 Å². The minimum Gasteiger partial charge on any atom is -0.326 e. The Labute approximate surface area is 185 Å². The van der Waals surface area contributed by atoms with Gasteiger partial charge in [-0.2, -0.15) is 0 Å². The minimum atomic E-state index is 0.00903. The summed E-state index contributed by atoms with van der Waals surface area (Å²) < 4.78 is 0. The van der Waals surface area contributed by atoms with E-state index < -0.39 is 0 Å². The molecule has 0 aliphatic carbocycles. The molecule has 1 aliphatic heterocycles. The Bertz CT molecular complexity index is 1040. The number of fused-ring (bicyclic) bond motifs is 2. The lowest BCUT2D eigenvalue weighted by atomic mass is 10.2. The summed E-state index contributed by atoms with van der Waals surface area (Å²) in [5, 5.41) is 2.91. The van der Waals surface area contributed by atoms with Gasteiger partial charge in [0, 0.05) is 26.8 Å². The van der Waals surface area contributed by atoms with Crippen LogP contribution in [0.4, 0.5) is 17.1 Å². The molecular weight excluding hydrogens is 412 g/mol. The lowest BCUT2D eigenvalue weighted by Crippen LogP contribution is -2.29. The standard InChI is InChI=1S/C24H22N2O2S2/c1-2-8-23(27)25-17-9-7-10-18(15-17)29-16-24(28)26-19-11-3-5-13-21(19)30-22-14-6-4-12-20(22)26/h3-7,9-15H,2,8,16H2,1H3,(H,25,27). The van der Waals surface area contributed by atoms with Crippen molar-refractivity contribution in [3.8, 4) is 0 Å². The number of carbonyl (C=O) groups is 2. The van der Waals surface area contributed by atoms with Crippen LogP contribution >= 0.6 is 23.5 Å². The predicted molar refractivity (Wildman–Crippen MR) is 125 cm³/mol. The molecule has 1 N–H and O–H groups in total. The van der Waals surface area contributed by atoms with Gasteiger partial charge in [-0.1, -0.05) is 49.0 Å². The lowest BCUT2D eigenvalue weighted by molar-refractivity contribution is -0.116. The Morgan fingerprint density at radius 3 is 2.27 bits per heavy atom. The van der Waals surface area contributed by atoms with Gasteiger partial charge in [-0.05, 0) is 48.9 Å². The second-order valence-corrected chi connectivity index (χ2v) is 9.01. The zero-order chi connectivity index (χ0) is 20.9. The highest BCUT2D eigenvalue weighted by atomic mass is 32.2. The molecule has 0 saturated heterocycles. The average Bonchev–Trinajstić information content (AvgIpc) is 2.76. The van der Waals surface area contributed by atoms with Crippen molar-refractivity contribution in [2.45, 2.75) is 34.5 Å². The van der Waals surface area contributed by atoms with Crippen LogP contribution in [-0.4, -0.2) is 17.6 Å². The van der Waals surface area contributed by atoms with Gasteiger partial charge in [0.2, 0.25) is 11.8 Å². The molecule has 0 fully saturated rings. The van der Waals surface area contributed by atoms with Gasteiger partial charge < -0.3 is 5.32 Å². The molecule has 4 nitrogen and oxygen atoms in total. The predicted octanol–water partition coefficient (Wildman–Crippen LogP) is 6.35. The first-order valence-corrected chi connectivity index (χ1v) is 11.7. The number of hydrogen-bond donors (Lipinski definition) is 1. The fourth-order valence-electron chi connectivity index (χ4n) is 3.30. The van der Waals surface area contributed by atoms with Gasteiger partial charge in [0.05, 0.1) is 17.1 Å². The summed E-state index contributed by atoms with van der Waals surface area (Å²) >= 11 is 3.17. The van der Waals surface area contributed by atoms with Crippen LogP contribution in [0.15, 0.2) is 87.5 Å². The van der Waals surface area contributed by atoms with Crippen molar-refractivity contribution in [1.29, 1.82) is 0 Å². The van der Waals surface area contributed by atoms with E-state index in [2.05, 4.69) is 5.32 Å². The first-order valence-electron chi connectivity index (χ1n) is 9.87. The molecule has 0 radical (unpaired) electrons. The highest BCUT2D eigenvalue weighted by Gasteiger charge is 2.27. The normalized spacial score (nSPS) is 12.1. The molecule has 0 spiro atoms. The first-order chi connectivity index (χ1) is 14.7. The second-order valence-electron chi connectivity index (χ2n) is 6.88. The van der Waals surface area contributed by atoms with Crippen molar-refractivity contribution >= 4 is 52.4 Å². The number of hydrogen-bond acceptors (Lipinski definition) is 4. The van der Waals surface area contributed by atoms with Crippen LogP contribution in [-0.2, 0) is 9.59 Å². The fraction of sp³-hybridized carbons (Fsp3) is 0.167. The molecule has 2 amide bonds. The van der Waals surface area contributed by atoms with Crippen molar-refractivity contribution in [2.75, 3.05) is 16.0 Å². The van der Waals surface area contributed by atoms with Crippen LogP contribution < -0.4 is 10.2 Å². The molecule has 4 rings (SSSR count). The third kappa shape index (κ3) is 4.55. The maximum absolute atomic E-state index is 13.3. The van der Waals surface area contributed by atoms with Gasteiger partial charge in [0.1, 0.15) is 0 Å². The quantitative estimate of drug-likeness (QED) is 0.460. The van der Waals surface area contributed by atoms with Gasteiger partial charge in [-0.15, -0.1) is 11.8 Å². The number of rotatable bonds is 6. The van der Waals surface area contributed by atoms with Crippen molar-refractivity contribution in [3.05, 3.63) is 72.8 Å². The Hall–Kier alpha value is -2.70. The SMILES string of the molecule is CCCC(=O)Nc1cccc(SCC(=O)N2c3ccccc3Sc3ccccc32)c1. The van der Waals surface area contributed by atoms with Crippen LogP contribution in [0, 0.1) is 0 Å². The smallest absolute Gasteiger partial charge is 0.241 e. The second kappa shape index (κ2) is 9.41. The topological polar surface area (TPSA) is 49.4 Å². The van der Waals surface area contributed by atoms with E-state index in [1.54, 1.807) is 11.8 Å². The van der Waals surface area contributed by atoms with Crippen LogP contribution in [0.5, 0.6) is 0 Å². The van der Waals surface area contributed by atoms with Crippen molar-refractivity contribution < 1.29 is 9.59 Å². The average molecular weight is 435 g/mol. The zero-order valence-corrected chi connectivity index (χ0v) is 18.3. The van der Waals surface area contributed by atoms with E-state index in [4.69, 9.17) is 0 Å². The van der Waals surface area contributed by atoms with E-state index in [1.165, 1.54) is 11.8 Å². The Morgan fingerprint density at radius 1 is 0.933 bits per heavy atom. The Morgan fingerprint density at radius 2 is 1.60 bits per heavy atom. The van der Waals surface area contributed by atoms with Crippen molar-refractivity contribution in [3.63, 3.8) is 0 Å². The molecule has 152 valence electrons. The molecule has 0 aromatic heterocycles. The van der Waals surface area contributed by atoms with Gasteiger partial charge >= 0.3 is 0 Å². The molecule has 3 aromatic rings. The molecule has 0 unspecified atom stereocenters. The number of carbonyl (C=O) groups excluding carboxylic acids is 2.